The maximum atomic E-state index is 12.4. The molecule has 1 aromatic rings. The highest BCUT2D eigenvalue weighted by Crippen LogP contribution is 2.30. The lowest BCUT2D eigenvalue weighted by Crippen LogP contribution is -2.48. The topological polar surface area (TPSA) is 84.6 Å². The van der Waals surface area contributed by atoms with Crippen LogP contribution in [0.25, 0.3) is 0 Å². The zero-order valence-electron chi connectivity index (χ0n) is 10.7. The Balaban J connectivity index is 1.95. The molecule has 0 bridgehead atoms. The van der Waals surface area contributed by atoms with Gasteiger partial charge in [0.1, 0.15) is 6.04 Å². The van der Waals surface area contributed by atoms with Gasteiger partial charge in [-0.3, -0.25) is 4.79 Å². The third-order valence-electron chi connectivity index (χ3n) is 3.76. The van der Waals surface area contributed by atoms with Crippen molar-refractivity contribution >= 4 is 17.6 Å². The van der Waals surface area contributed by atoms with Crippen LogP contribution in [-0.4, -0.2) is 40.6 Å². The summed E-state index contributed by atoms with van der Waals surface area (Å²) < 4.78 is 0. The zero-order chi connectivity index (χ0) is 14.3. The number of aliphatic hydroxyl groups is 1. The number of piperidine rings is 1. The molecule has 2 aliphatic rings. The van der Waals surface area contributed by atoms with E-state index in [-0.39, 0.29) is 0 Å². The van der Waals surface area contributed by atoms with Gasteiger partial charge in [0.05, 0.1) is 23.4 Å². The third-order valence-corrected chi connectivity index (χ3v) is 3.76. The van der Waals surface area contributed by atoms with Crippen LogP contribution in [0.4, 0.5) is 10.5 Å². The smallest absolute Gasteiger partial charge is 0.332 e. The molecule has 1 N–H and O–H groups in total. The quantitative estimate of drug-likeness (QED) is 0.767. The molecule has 6 nitrogen and oxygen atoms in total. The van der Waals surface area contributed by atoms with Gasteiger partial charge in [-0.15, -0.1) is 0 Å². The lowest BCUT2D eigenvalue weighted by molar-refractivity contribution is -0.124. The highest BCUT2D eigenvalue weighted by molar-refractivity contribution is 6.21. The number of carbonyl (C=O) groups is 2. The van der Waals surface area contributed by atoms with Gasteiger partial charge in [0, 0.05) is 6.54 Å². The van der Waals surface area contributed by atoms with Crippen molar-refractivity contribution in [3.63, 3.8) is 0 Å². The second-order valence-electron chi connectivity index (χ2n) is 4.96. The van der Waals surface area contributed by atoms with E-state index in [0.717, 1.165) is 4.90 Å². The first kappa shape index (κ1) is 12.6. The Labute approximate surface area is 115 Å². The number of fused-ring (bicyclic) bond motifs is 1. The number of nitriles is 1. The van der Waals surface area contributed by atoms with Crippen LogP contribution in [0.1, 0.15) is 18.4 Å². The van der Waals surface area contributed by atoms with E-state index in [1.807, 2.05) is 6.07 Å². The summed E-state index contributed by atoms with van der Waals surface area (Å²) in [5.74, 6) is -0.396. The summed E-state index contributed by atoms with van der Waals surface area (Å²) in [7, 11) is 0. The van der Waals surface area contributed by atoms with Crippen LogP contribution < -0.4 is 4.90 Å². The summed E-state index contributed by atoms with van der Waals surface area (Å²) in [6, 6.07) is 7.07. The standard InChI is InChI=1S/C14H13N3O3/c15-8-9-3-5-10(6-4-9)17-13(19)12-11(18)2-1-7-16(12)14(17)20/h3-6,11-12,18H,1-2,7H2/t11-,12-/m1/s1. The Morgan fingerprint density at radius 1 is 1.25 bits per heavy atom. The van der Waals surface area contributed by atoms with Gasteiger partial charge in [-0.2, -0.15) is 5.26 Å². The number of aliphatic hydroxyl groups excluding tert-OH is 1. The molecule has 0 aromatic heterocycles. The average Bonchev–Trinajstić information content (AvgIpc) is 2.72. The molecular weight excluding hydrogens is 258 g/mol. The normalized spacial score (nSPS) is 25.6. The van der Waals surface area contributed by atoms with Crippen molar-refractivity contribution in [2.75, 3.05) is 11.4 Å². The van der Waals surface area contributed by atoms with Crippen LogP contribution in [0.15, 0.2) is 24.3 Å². The van der Waals surface area contributed by atoms with E-state index in [2.05, 4.69) is 0 Å². The predicted octanol–water partition coefficient (Wildman–Crippen LogP) is 0.850. The molecule has 6 heteroatoms. The minimum Gasteiger partial charge on any atom is -0.390 e. The first-order valence-electron chi connectivity index (χ1n) is 6.46. The Morgan fingerprint density at radius 2 is 1.95 bits per heavy atom. The number of imide groups is 1. The van der Waals surface area contributed by atoms with E-state index in [4.69, 9.17) is 5.26 Å². The lowest BCUT2D eigenvalue weighted by atomic mass is 10.00. The van der Waals surface area contributed by atoms with Crippen LogP contribution in [0.3, 0.4) is 0 Å². The van der Waals surface area contributed by atoms with Crippen molar-refractivity contribution < 1.29 is 14.7 Å². The van der Waals surface area contributed by atoms with Gasteiger partial charge in [0.15, 0.2) is 0 Å². The van der Waals surface area contributed by atoms with E-state index in [0.29, 0.717) is 30.6 Å². The summed E-state index contributed by atoms with van der Waals surface area (Å²) in [5.41, 5.74) is 0.895. The molecule has 2 atom stereocenters. The molecule has 0 spiro atoms. The van der Waals surface area contributed by atoms with E-state index in [9.17, 15) is 14.7 Å². The molecule has 2 aliphatic heterocycles. The van der Waals surface area contributed by atoms with Crippen molar-refractivity contribution in [2.45, 2.75) is 25.0 Å². The van der Waals surface area contributed by atoms with Crippen molar-refractivity contribution in [3.05, 3.63) is 29.8 Å². The summed E-state index contributed by atoms with van der Waals surface area (Å²) in [6.07, 6.45) is 0.419. The molecular formula is C14H13N3O3. The number of nitrogens with zero attached hydrogens (tertiary/aromatic N) is 3. The van der Waals surface area contributed by atoms with Gasteiger partial charge in [-0.25, -0.2) is 9.69 Å². The number of anilines is 1. The molecule has 0 unspecified atom stereocenters. The summed E-state index contributed by atoms with van der Waals surface area (Å²) >= 11 is 0. The second-order valence-corrected chi connectivity index (χ2v) is 4.96. The fourth-order valence-corrected chi connectivity index (χ4v) is 2.77. The van der Waals surface area contributed by atoms with E-state index < -0.39 is 24.1 Å². The molecule has 2 heterocycles. The predicted molar refractivity (Wildman–Crippen MR) is 69.8 cm³/mol. The van der Waals surface area contributed by atoms with Crippen molar-refractivity contribution in [3.8, 4) is 6.07 Å². The number of benzene rings is 1. The Bertz CT molecular complexity index is 605. The van der Waals surface area contributed by atoms with Crippen LogP contribution in [0.2, 0.25) is 0 Å². The van der Waals surface area contributed by atoms with Crippen LogP contribution >= 0.6 is 0 Å². The van der Waals surface area contributed by atoms with Gasteiger partial charge in [0.25, 0.3) is 5.91 Å². The molecule has 2 saturated heterocycles. The number of hydrogen-bond donors (Lipinski definition) is 1. The van der Waals surface area contributed by atoms with Gasteiger partial charge >= 0.3 is 6.03 Å². The van der Waals surface area contributed by atoms with Crippen LogP contribution in [0, 0.1) is 11.3 Å². The minimum absolute atomic E-state index is 0.396. The molecule has 0 radical (unpaired) electrons. The van der Waals surface area contributed by atoms with E-state index in [1.165, 1.54) is 4.90 Å². The van der Waals surface area contributed by atoms with E-state index >= 15 is 0 Å². The summed E-state index contributed by atoms with van der Waals surface area (Å²) in [6.45, 7) is 0.485. The first-order chi connectivity index (χ1) is 9.63. The summed E-state index contributed by atoms with van der Waals surface area (Å²) in [5, 5.41) is 18.7. The Hall–Kier alpha value is -2.39. The van der Waals surface area contributed by atoms with Crippen molar-refractivity contribution in [1.29, 1.82) is 5.26 Å². The molecule has 0 saturated carbocycles. The third kappa shape index (κ3) is 1.75. The number of hydrogen-bond acceptors (Lipinski definition) is 4. The maximum absolute atomic E-state index is 12.4. The molecule has 0 aliphatic carbocycles. The highest BCUT2D eigenvalue weighted by atomic mass is 16.3. The van der Waals surface area contributed by atoms with Crippen molar-refractivity contribution in [1.82, 2.24) is 4.90 Å². The van der Waals surface area contributed by atoms with Gasteiger partial charge in [-0.1, -0.05) is 0 Å². The molecule has 2 fully saturated rings. The van der Waals surface area contributed by atoms with Gasteiger partial charge < -0.3 is 10.0 Å². The average molecular weight is 271 g/mol. The largest absolute Gasteiger partial charge is 0.390 e. The Kier molecular flexibility index (Phi) is 2.92. The van der Waals surface area contributed by atoms with E-state index in [1.54, 1.807) is 24.3 Å². The number of urea groups is 1. The lowest BCUT2D eigenvalue weighted by Gasteiger charge is -2.30. The zero-order valence-corrected chi connectivity index (χ0v) is 10.7. The minimum atomic E-state index is -0.802. The molecule has 3 rings (SSSR count). The number of rotatable bonds is 1. The van der Waals surface area contributed by atoms with Gasteiger partial charge in [0.2, 0.25) is 0 Å². The van der Waals surface area contributed by atoms with Crippen molar-refractivity contribution in [2.24, 2.45) is 0 Å². The molecule has 1 aromatic carbocycles. The molecule has 3 amide bonds. The summed E-state index contributed by atoms with van der Waals surface area (Å²) in [4.78, 5) is 27.2. The fraction of sp³-hybridized carbons (Fsp3) is 0.357. The monoisotopic (exact) mass is 271 g/mol. The van der Waals surface area contributed by atoms with Gasteiger partial charge in [-0.05, 0) is 37.1 Å². The molecule has 102 valence electrons. The fourth-order valence-electron chi connectivity index (χ4n) is 2.77. The highest BCUT2D eigenvalue weighted by Gasteiger charge is 2.50. The maximum Gasteiger partial charge on any atom is 0.332 e. The number of amides is 3. The van der Waals surface area contributed by atoms with Crippen LogP contribution in [0.5, 0.6) is 0 Å². The first-order valence-corrected chi connectivity index (χ1v) is 6.46. The second kappa shape index (κ2) is 4.62. The Morgan fingerprint density at radius 3 is 2.55 bits per heavy atom. The molecule has 20 heavy (non-hydrogen) atoms. The van der Waals surface area contributed by atoms with Crippen LogP contribution in [-0.2, 0) is 4.79 Å². The SMILES string of the molecule is N#Cc1ccc(N2C(=O)[C@H]3[C@H](O)CCCN3C2=O)cc1. The number of carbonyl (C=O) groups excluding carboxylic acids is 2.